The van der Waals surface area contributed by atoms with E-state index in [0.717, 1.165) is 0 Å². The lowest BCUT2D eigenvalue weighted by molar-refractivity contribution is -0.144. The normalized spacial score (nSPS) is 13.9. The van der Waals surface area contributed by atoms with Crippen molar-refractivity contribution in [3.8, 4) is 0 Å². The quantitative estimate of drug-likeness (QED) is 0.0568. The molecule has 0 fully saturated rings. The Morgan fingerprint density at radius 1 is 0.853 bits per heavy atom. The number of rotatable bonds is 16. The first kappa shape index (κ1) is 30.1. The fraction of sp³-hybridized carbons (Fsp3) is 0.611. The van der Waals surface area contributed by atoms with E-state index in [9.17, 15) is 28.8 Å². The molecule has 0 aliphatic heterocycles. The van der Waals surface area contributed by atoms with Crippen LogP contribution in [0.5, 0.6) is 0 Å². The van der Waals surface area contributed by atoms with Crippen LogP contribution in [0.4, 0.5) is 0 Å². The number of guanidine groups is 1. The smallest absolute Gasteiger partial charge is 0.326 e. The van der Waals surface area contributed by atoms with E-state index in [0.29, 0.717) is 6.42 Å². The second kappa shape index (κ2) is 15.0. The predicted octanol–water partition coefficient (Wildman–Crippen LogP) is -4.33. The van der Waals surface area contributed by atoms with E-state index >= 15 is 0 Å². The third kappa shape index (κ3) is 12.8. The number of carbonyl (C=O) groups excluding carboxylic acids is 4. The molecule has 0 aromatic rings. The summed E-state index contributed by atoms with van der Waals surface area (Å²) in [5.41, 5.74) is 21.1. The third-order valence-corrected chi connectivity index (χ3v) is 4.36. The summed E-state index contributed by atoms with van der Waals surface area (Å²) >= 11 is 0. The summed E-state index contributed by atoms with van der Waals surface area (Å²) in [4.78, 5) is 74.0. The number of amides is 4. The summed E-state index contributed by atoms with van der Waals surface area (Å²) in [5.74, 6) is -6.48. The van der Waals surface area contributed by atoms with Crippen LogP contribution >= 0.6 is 0 Å². The van der Waals surface area contributed by atoms with Gasteiger partial charge < -0.3 is 49.1 Å². The molecule has 13 N–H and O–H groups in total. The van der Waals surface area contributed by atoms with Crippen molar-refractivity contribution in [1.82, 2.24) is 16.0 Å². The maximum atomic E-state index is 12.5. The van der Waals surface area contributed by atoms with Gasteiger partial charge >= 0.3 is 11.9 Å². The molecule has 4 atom stereocenters. The molecule has 4 amide bonds. The topological polar surface area (TPSA) is 295 Å². The van der Waals surface area contributed by atoms with Crippen LogP contribution in [-0.4, -0.2) is 82.5 Å². The molecule has 0 heterocycles. The van der Waals surface area contributed by atoms with Gasteiger partial charge in [0.2, 0.25) is 23.6 Å². The number of primary amides is 1. The molecule has 192 valence electrons. The lowest BCUT2D eigenvalue weighted by Gasteiger charge is -2.23. The average molecular weight is 489 g/mol. The van der Waals surface area contributed by atoms with Crippen LogP contribution in [0.2, 0.25) is 0 Å². The first-order chi connectivity index (χ1) is 15.7. The lowest BCUT2D eigenvalue weighted by atomic mass is 10.1. The highest BCUT2D eigenvalue weighted by molar-refractivity contribution is 5.94. The molecule has 16 nitrogen and oxygen atoms in total. The van der Waals surface area contributed by atoms with Gasteiger partial charge in [-0.3, -0.25) is 29.0 Å². The number of nitrogens with two attached hydrogens (primary N) is 4. The SMILES string of the molecule is CC(NC(=O)C(N)CCCN=C(N)N)C(=O)NC(CCC(=O)O)C(=O)NC(CC(N)=O)C(=O)O. The Kier molecular flexibility index (Phi) is 13.2. The molecule has 16 heteroatoms. The van der Waals surface area contributed by atoms with Gasteiger partial charge in [0.15, 0.2) is 5.96 Å². The van der Waals surface area contributed by atoms with E-state index in [1.54, 1.807) is 0 Å². The van der Waals surface area contributed by atoms with Gasteiger partial charge in [0.25, 0.3) is 0 Å². The largest absolute Gasteiger partial charge is 0.481 e. The monoisotopic (exact) mass is 488 g/mol. The summed E-state index contributed by atoms with van der Waals surface area (Å²) in [6.45, 7) is 1.56. The van der Waals surface area contributed by atoms with Crippen molar-refractivity contribution >= 4 is 41.5 Å². The number of carboxylic acids is 2. The molecule has 0 bridgehead atoms. The van der Waals surface area contributed by atoms with Crippen molar-refractivity contribution in [3.05, 3.63) is 0 Å². The highest BCUT2D eigenvalue weighted by Gasteiger charge is 2.29. The second-order valence-electron chi connectivity index (χ2n) is 7.35. The number of hydrogen-bond acceptors (Lipinski definition) is 8. The molecule has 0 aromatic heterocycles. The van der Waals surface area contributed by atoms with Gasteiger partial charge in [-0.05, 0) is 26.2 Å². The Morgan fingerprint density at radius 2 is 1.44 bits per heavy atom. The second-order valence-corrected chi connectivity index (χ2v) is 7.35. The van der Waals surface area contributed by atoms with E-state index in [1.807, 2.05) is 5.32 Å². The third-order valence-electron chi connectivity index (χ3n) is 4.36. The minimum Gasteiger partial charge on any atom is -0.481 e. The Labute approximate surface area is 194 Å². The zero-order valence-electron chi connectivity index (χ0n) is 18.7. The summed E-state index contributed by atoms with van der Waals surface area (Å²) < 4.78 is 0. The van der Waals surface area contributed by atoms with Crippen LogP contribution in [0.3, 0.4) is 0 Å². The Balaban J connectivity index is 5.07. The van der Waals surface area contributed by atoms with Gasteiger partial charge in [-0.1, -0.05) is 0 Å². The van der Waals surface area contributed by atoms with Gasteiger partial charge in [0, 0.05) is 13.0 Å². The molecule has 0 rings (SSSR count). The Bertz CT molecular complexity index is 799. The molecule has 34 heavy (non-hydrogen) atoms. The first-order valence-corrected chi connectivity index (χ1v) is 10.2. The molecule has 0 saturated heterocycles. The van der Waals surface area contributed by atoms with Gasteiger partial charge in [0.05, 0.1) is 12.5 Å². The zero-order chi connectivity index (χ0) is 26.4. The molecule has 4 unspecified atom stereocenters. The van der Waals surface area contributed by atoms with Crippen molar-refractivity contribution in [3.63, 3.8) is 0 Å². The zero-order valence-corrected chi connectivity index (χ0v) is 18.7. The number of hydrogen-bond donors (Lipinski definition) is 9. The van der Waals surface area contributed by atoms with Gasteiger partial charge in [0.1, 0.15) is 18.1 Å². The fourth-order valence-corrected chi connectivity index (χ4v) is 2.54. The molecular formula is C18H32N8O8. The molecular weight excluding hydrogens is 456 g/mol. The summed E-state index contributed by atoms with van der Waals surface area (Å²) in [6.07, 6.45) is -1.01. The van der Waals surface area contributed by atoms with Crippen LogP contribution in [0, 0.1) is 0 Å². The van der Waals surface area contributed by atoms with Crippen molar-refractivity contribution in [2.24, 2.45) is 27.9 Å². The van der Waals surface area contributed by atoms with Crippen molar-refractivity contribution in [2.45, 2.75) is 63.2 Å². The lowest BCUT2D eigenvalue weighted by Crippen LogP contribution is -2.56. The minimum absolute atomic E-state index is 0.103. The highest BCUT2D eigenvalue weighted by atomic mass is 16.4. The van der Waals surface area contributed by atoms with Crippen LogP contribution in [-0.2, 0) is 28.8 Å². The maximum Gasteiger partial charge on any atom is 0.326 e. The van der Waals surface area contributed by atoms with Crippen molar-refractivity contribution < 1.29 is 39.0 Å². The molecule has 0 spiro atoms. The van der Waals surface area contributed by atoms with Crippen LogP contribution in [0.15, 0.2) is 4.99 Å². The average Bonchev–Trinajstić information content (AvgIpc) is 2.72. The highest BCUT2D eigenvalue weighted by Crippen LogP contribution is 2.03. The Morgan fingerprint density at radius 3 is 1.94 bits per heavy atom. The summed E-state index contributed by atoms with van der Waals surface area (Å²) in [6, 6.07) is -5.28. The van der Waals surface area contributed by atoms with E-state index in [-0.39, 0.29) is 25.3 Å². The van der Waals surface area contributed by atoms with E-state index < -0.39 is 72.6 Å². The van der Waals surface area contributed by atoms with E-state index in [1.165, 1.54) is 6.92 Å². The molecule has 0 aromatic carbocycles. The number of aliphatic imine (C=N–C) groups is 1. The minimum atomic E-state index is -1.68. The van der Waals surface area contributed by atoms with Gasteiger partial charge in [-0.15, -0.1) is 0 Å². The number of nitrogens with one attached hydrogen (secondary N) is 3. The maximum absolute atomic E-state index is 12.5. The van der Waals surface area contributed by atoms with Crippen LogP contribution in [0.1, 0.15) is 39.0 Å². The standard InChI is InChI=1S/C18H32N8O8/c1-8(24-15(31)9(19)3-2-6-23-18(21)22)14(30)25-10(4-5-13(28)29)16(32)26-11(17(33)34)7-12(20)27/h8-11H,2-7,19H2,1H3,(H2,20,27)(H,24,31)(H,25,30)(H,26,32)(H,28,29)(H,33,34)(H4,21,22,23). The fourth-order valence-electron chi connectivity index (χ4n) is 2.54. The number of aliphatic carboxylic acids is 2. The molecule has 0 radical (unpaired) electrons. The summed E-state index contributed by atoms with van der Waals surface area (Å²) in [5, 5.41) is 24.6. The first-order valence-electron chi connectivity index (χ1n) is 10.2. The van der Waals surface area contributed by atoms with Crippen LogP contribution < -0.4 is 38.9 Å². The van der Waals surface area contributed by atoms with E-state index in [4.69, 9.17) is 33.1 Å². The predicted molar refractivity (Wildman–Crippen MR) is 118 cm³/mol. The van der Waals surface area contributed by atoms with Crippen molar-refractivity contribution in [2.75, 3.05) is 6.54 Å². The number of nitrogens with zero attached hydrogens (tertiary/aromatic N) is 1. The van der Waals surface area contributed by atoms with Crippen molar-refractivity contribution in [1.29, 1.82) is 0 Å². The van der Waals surface area contributed by atoms with Crippen LogP contribution in [0.25, 0.3) is 0 Å². The van der Waals surface area contributed by atoms with Gasteiger partial charge in [-0.2, -0.15) is 0 Å². The van der Waals surface area contributed by atoms with E-state index in [2.05, 4.69) is 15.6 Å². The van der Waals surface area contributed by atoms with Gasteiger partial charge in [-0.25, -0.2) is 4.79 Å². The molecule has 0 saturated carbocycles. The molecule has 0 aliphatic rings. The number of carbonyl (C=O) groups is 6. The Hall–Kier alpha value is -3.95. The summed E-state index contributed by atoms with van der Waals surface area (Å²) in [7, 11) is 0. The number of carboxylic acid groups (broad SMARTS) is 2. The molecule has 0 aliphatic carbocycles.